The van der Waals surface area contributed by atoms with Gasteiger partial charge in [0.2, 0.25) is 0 Å². The topological polar surface area (TPSA) is 76.0 Å². The number of hydrogen-bond donors (Lipinski definition) is 1. The maximum absolute atomic E-state index is 10.4. The van der Waals surface area contributed by atoms with Crippen LogP contribution in [0.15, 0.2) is 5.34 Å². The van der Waals surface area contributed by atoms with E-state index in [1.807, 2.05) is 6.92 Å². The highest BCUT2D eigenvalue weighted by molar-refractivity contribution is 5.69. The van der Waals surface area contributed by atoms with Crippen LogP contribution < -0.4 is 0 Å². The van der Waals surface area contributed by atoms with Gasteiger partial charge in [-0.2, -0.15) is 0 Å². The van der Waals surface area contributed by atoms with Crippen molar-refractivity contribution < 1.29 is 14.7 Å². The molecule has 0 spiro atoms. The molecule has 1 saturated carbocycles. The normalized spacial score (nSPS) is 16.7. The number of nitrogens with zero attached hydrogens (tertiary/aromatic N) is 1. The van der Waals surface area contributed by atoms with Gasteiger partial charge in [-0.1, -0.05) is 45.4 Å². The van der Waals surface area contributed by atoms with Gasteiger partial charge >= 0.3 is 5.97 Å². The van der Waals surface area contributed by atoms with Gasteiger partial charge in [-0.3, -0.25) is 4.79 Å². The Morgan fingerprint density at radius 1 is 1.25 bits per heavy atom. The van der Waals surface area contributed by atoms with Crippen molar-refractivity contribution in [3.05, 3.63) is 4.91 Å². The highest BCUT2D eigenvalue weighted by Crippen LogP contribution is 2.23. The van der Waals surface area contributed by atoms with E-state index in [1.54, 1.807) is 0 Å². The molecule has 0 heterocycles. The van der Waals surface area contributed by atoms with Gasteiger partial charge in [0.15, 0.2) is 5.34 Å². The van der Waals surface area contributed by atoms with Crippen molar-refractivity contribution in [2.24, 2.45) is 11.3 Å². The average molecular weight is 287 g/mol. The van der Waals surface area contributed by atoms with E-state index in [0.29, 0.717) is 0 Å². The zero-order valence-corrected chi connectivity index (χ0v) is 12.8. The number of carbonyl (C=O) groups is 1. The fourth-order valence-electron chi connectivity index (χ4n) is 2.33. The van der Waals surface area contributed by atoms with Crippen LogP contribution in [0.3, 0.4) is 0 Å². The molecule has 118 valence electrons. The van der Waals surface area contributed by atoms with E-state index in [1.165, 1.54) is 25.7 Å². The molecule has 1 atom stereocenters. The molecule has 0 aliphatic heterocycles. The Morgan fingerprint density at radius 2 is 1.90 bits per heavy atom. The van der Waals surface area contributed by atoms with Crippen molar-refractivity contribution in [1.29, 1.82) is 0 Å². The summed E-state index contributed by atoms with van der Waals surface area (Å²) in [7, 11) is 0. The zero-order valence-electron chi connectivity index (χ0n) is 12.8. The van der Waals surface area contributed by atoms with Crippen molar-refractivity contribution in [3.8, 4) is 0 Å². The summed E-state index contributed by atoms with van der Waals surface area (Å²) < 4.78 is 0. The van der Waals surface area contributed by atoms with Crippen LogP contribution in [0.1, 0.15) is 78.1 Å². The number of aliphatic carboxylic acids is 1. The Bertz CT molecular complexity index is 252. The van der Waals surface area contributed by atoms with Crippen molar-refractivity contribution in [3.63, 3.8) is 0 Å². The summed E-state index contributed by atoms with van der Waals surface area (Å²) in [6, 6.07) is 0. The summed E-state index contributed by atoms with van der Waals surface area (Å²) in [5, 5.41) is 10.9. The van der Waals surface area contributed by atoms with Crippen LogP contribution in [0.5, 0.6) is 0 Å². The Labute approximate surface area is 122 Å². The lowest BCUT2D eigenvalue weighted by atomic mass is 9.90. The second-order valence-corrected chi connectivity index (χ2v) is 5.51. The predicted molar refractivity (Wildman–Crippen MR) is 79.3 cm³/mol. The number of unbranched alkanes of at least 4 members (excludes halogenated alkanes) is 3. The van der Waals surface area contributed by atoms with Gasteiger partial charge in [0.25, 0.3) is 0 Å². The first kappa shape index (κ1) is 18.9. The number of carboxylic acid groups (broad SMARTS) is 1. The van der Waals surface area contributed by atoms with E-state index >= 15 is 0 Å². The Hall–Kier alpha value is -1.13. The minimum atomic E-state index is -0.602. The van der Waals surface area contributed by atoms with Gasteiger partial charge in [-0.15, -0.1) is 4.91 Å². The lowest BCUT2D eigenvalue weighted by molar-refractivity contribution is -0.142. The summed E-state index contributed by atoms with van der Waals surface area (Å²) in [6.07, 6.45) is 11.0. The minimum absolute atomic E-state index is 0.00986. The number of hydrogen-bond acceptors (Lipinski definition) is 4. The molecule has 0 aromatic heterocycles. The number of carboxylic acids is 1. The maximum atomic E-state index is 10.4. The Kier molecular flexibility index (Phi) is 12.2. The molecule has 0 radical (unpaired) electrons. The van der Waals surface area contributed by atoms with Crippen LogP contribution >= 0.6 is 0 Å². The summed E-state index contributed by atoms with van der Waals surface area (Å²) >= 11 is 0. The van der Waals surface area contributed by atoms with E-state index in [4.69, 9.17) is 5.11 Å². The SMILES string of the molecule is CCCCCCC(C)ON=O.O=C(O)C1CCCCC1. The molecule has 0 aromatic carbocycles. The fraction of sp³-hybridized carbons (Fsp3) is 0.933. The molecule has 1 aliphatic rings. The summed E-state index contributed by atoms with van der Waals surface area (Å²) in [6.45, 7) is 4.04. The van der Waals surface area contributed by atoms with Crippen LogP contribution in [-0.4, -0.2) is 17.2 Å². The van der Waals surface area contributed by atoms with Crippen molar-refractivity contribution >= 4 is 5.97 Å². The molecule has 0 bridgehead atoms. The quantitative estimate of drug-likeness (QED) is 0.399. The molecular weight excluding hydrogens is 258 g/mol. The fourth-order valence-corrected chi connectivity index (χ4v) is 2.33. The third kappa shape index (κ3) is 10.8. The van der Waals surface area contributed by atoms with Gasteiger partial charge < -0.3 is 9.94 Å². The molecule has 5 heteroatoms. The first-order chi connectivity index (χ1) is 9.61. The van der Waals surface area contributed by atoms with E-state index in [-0.39, 0.29) is 12.0 Å². The van der Waals surface area contributed by atoms with Crippen LogP contribution in [0.25, 0.3) is 0 Å². The Balaban J connectivity index is 0.000000367. The summed E-state index contributed by atoms with van der Waals surface area (Å²) in [5.74, 6) is -0.631. The third-order valence-corrected chi connectivity index (χ3v) is 3.64. The van der Waals surface area contributed by atoms with Gasteiger partial charge in [0.1, 0.15) is 6.10 Å². The lowest BCUT2D eigenvalue weighted by Gasteiger charge is -2.16. The van der Waals surface area contributed by atoms with Gasteiger partial charge in [0.05, 0.1) is 5.92 Å². The largest absolute Gasteiger partial charge is 0.481 e. The van der Waals surface area contributed by atoms with Gasteiger partial charge in [-0.25, -0.2) is 0 Å². The number of rotatable bonds is 8. The lowest BCUT2D eigenvalue weighted by Crippen LogP contribution is -2.16. The van der Waals surface area contributed by atoms with E-state index in [9.17, 15) is 9.70 Å². The van der Waals surface area contributed by atoms with Crippen LogP contribution in [0.2, 0.25) is 0 Å². The van der Waals surface area contributed by atoms with Crippen LogP contribution in [0.4, 0.5) is 0 Å². The first-order valence-electron chi connectivity index (χ1n) is 7.83. The average Bonchev–Trinajstić information content (AvgIpc) is 2.45. The summed E-state index contributed by atoms with van der Waals surface area (Å²) in [5.41, 5.74) is 0. The van der Waals surface area contributed by atoms with Gasteiger partial charge in [-0.05, 0) is 32.6 Å². The molecule has 1 aliphatic carbocycles. The monoisotopic (exact) mass is 287 g/mol. The van der Waals surface area contributed by atoms with Gasteiger partial charge in [0, 0.05) is 0 Å². The third-order valence-electron chi connectivity index (χ3n) is 3.64. The van der Waals surface area contributed by atoms with Crippen molar-refractivity contribution in [2.45, 2.75) is 84.2 Å². The van der Waals surface area contributed by atoms with E-state index in [0.717, 1.165) is 38.5 Å². The molecule has 0 saturated heterocycles. The molecule has 5 nitrogen and oxygen atoms in total. The van der Waals surface area contributed by atoms with Crippen molar-refractivity contribution in [2.75, 3.05) is 0 Å². The molecule has 20 heavy (non-hydrogen) atoms. The molecule has 1 N–H and O–H groups in total. The molecule has 1 rings (SSSR count). The molecule has 0 aromatic rings. The van der Waals surface area contributed by atoms with E-state index < -0.39 is 5.97 Å². The smallest absolute Gasteiger partial charge is 0.306 e. The zero-order chi connectivity index (χ0) is 15.2. The Morgan fingerprint density at radius 3 is 2.35 bits per heavy atom. The minimum Gasteiger partial charge on any atom is -0.481 e. The standard InChI is InChI=1S/C8H17NO2.C7H12O2/c1-3-4-5-6-7-8(2)11-9-10;8-7(9)6-4-2-1-3-5-6/h8H,3-7H2,1-2H3;6H,1-5H2,(H,8,9). The molecule has 0 amide bonds. The van der Waals surface area contributed by atoms with Crippen molar-refractivity contribution in [1.82, 2.24) is 0 Å². The highest BCUT2D eigenvalue weighted by Gasteiger charge is 2.19. The maximum Gasteiger partial charge on any atom is 0.306 e. The highest BCUT2D eigenvalue weighted by atomic mass is 16.7. The van der Waals surface area contributed by atoms with E-state index in [2.05, 4.69) is 17.1 Å². The second-order valence-electron chi connectivity index (χ2n) is 5.51. The molecular formula is C15H29NO4. The first-order valence-corrected chi connectivity index (χ1v) is 7.83. The summed E-state index contributed by atoms with van der Waals surface area (Å²) in [4.78, 5) is 24.5. The predicted octanol–water partition coefficient (Wildman–Crippen LogP) is 4.69. The molecule has 1 unspecified atom stereocenters. The van der Waals surface area contributed by atoms with Crippen LogP contribution in [0, 0.1) is 10.8 Å². The second kappa shape index (κ2) is 12.9. The molecule has 1 fully saturated rings. The van der Waals surface area contributed by atoms with Crippen LogP contribution in [-0.2, 0) is 9.63 Å².